The van der Waals surface area contributed by atoms with E-state index in [1.54, 1.807) is 6.33 Å². The molecule has 0 N–H and O–H groups in total. The Bertz CT molecular complexity index is 1020. The van der Waals surface area contributed by atoms with Crippen molar-refractivity contribution in [2.45, 2.75) is 13.0 Å². The van der Waals surface area contributed by atoms with E-state index in [2.05, 4.69) is 39.1 Å². The highest BCUT2D eigenvalue weighted by atomic mass is 16.3. The first-order valence-electron chi connectivity index (χ1n) is 7.84. The van der Waals surface area contributed by atoms with Gasteiger partial charge in [-0.2, -0.15) is 0 Å². The number of hydrogen-bond acceptors (Lipinski definition) is 4. The highest BCUT2D eigenvalue weighted by Gasteiger charge is 2.21. The summed E-state index contributed by atoms with van der Waals surface area (Å²) in [5, 5.41) is 1.04. The van der Waals surface area contributed by atoms with E-state index in [0.717, 1.165) is 47.4 Å². The number of aromatic nitrogens is 2. The lowest BCUT2D eigenvalue weighted by molar-refractivity contribution is 0.652. The topological polar surface area (TPSA) is 42.2 Å². The average Bonchev–Trinajstić information content (AvgIpc) is 3.00. The molecule has 0 bridgehead atoms. The molecule has 2 aromatic carbocycles. The van der Waals surface area contributed by atoms with Crippen LogP contribution >= 0.6 is 0 Å². The summed E-state index contributed by atoms with van der Waals surface area (Å²) in [6.07, 6.45) is 2.67. The summed E-state index contributed by atoms with van der Waals surface area (Å²) in [6.45, 7) is 1.81. The molecule has 3 heterocycles. The standard InChI is InChI=1S/C19H15N3O/c1-2-6-14-11-22(10-9-13(14)5-1)19-18-17(20-12-21-19)15-7-3-4-8-16(15)23-18/h1-8,12H,9-11H2. The molecule has 0 spiro atoms. The van der Waals surface area contributed by atoms with Gasteiger partial charge < -0.3 is 9.32 Å². The first-order valence-corrected chi connectivity index (χ1v) is 7.84. The monoisotopic (exact) mass is 301 g/mol. The summed E-state index contributed by atoms with van der Waals surface area (Å²) < 4.78 is 6.06. The molecule has 23 heavy (non-hydrogen) atoms. The van der Waals surface area contributed by atoms with Crippen molar-refractivity contribution in [2.24, 2.45) is 0 Å². The van der Waals surface area contributed by atoms with Crippen LogP contribution < -0.4 is 4.90 Å². The van der Waals surface area contributed by atoms with E-state index in [0.29, 0.717) is 0 Å². The number of rotatable bonds is 1. The molecule has 2 aromatic heterocycles. The maximum atomic E-state index is 6.06. The lowest BCUT2D eigenvalue weighted by Gasteiger charge is -2.29. The van der Waals surface area contributed by atoms with Crippen LogP contribution in [-0.2, 0) is 13.0 Å². The van der Waals surface area contributed by atoms with Gasteiger partial charge in [-0.15, -0.1) is 0 Å². The largest absolute Gasteiger partial charge is 0.450 e. The van der Waals surface area contributed by atoms with Crippen molar-refractivity contribution in [3.8, 4) is 0 Å². The third-order valence-corrected chi connectivity index (χ3v) is 4.57. The Labute approximate surface area is 133 Å². The maximum absolute atomic E-state index is 6.06. The smallest absolute Gasteiger partial charge is 0.196 e. The van der Waals surface area contributed by atoms with Gasteiger partial charge in [-0.1, -0.05) is 36.4 Å². The number of furan rings is 1. The van der Waals surface area contributed by atoms with Gasteiger partial charge in [0.05, 0.1) is 0 Å². The fourth-order valence-corrected chi connectivity index (χ4v) is 3.41. The van der Waals surface area contributed by atoms with Crippen LogP contribution in [0.5, 0.6) is 0 Å². The Hall–Kier alpha value is -2.88. The van der Waals surface area contributed by atoms with E-state index in [-0.39, 0.29) is 0 Å². The highest BCUT2D eigenvalue weighted by molar-refractivity contribution is 6.05. The van der Waals surface area contributed by atoms with E-state index in [1.165, 1.54) is 11.1 Å². The first-order chi connectivity index (χ1) is 11.4. The van der Waals surface area contributed by atoms with Crippen LogP contribution in [0, 0.1) is 0 Å². The van der Waals surface area contributed by atoms with Crippen LogP contribution in [0.3, 0.4) is 0 Å². The highest BCUT2D eigenvalue weighted by Crippen LogP contribution is 2.33. The summed E-state index contributed by atoms with van der Waals surface area (Å²) in [5.74, 6) is 0.890. The van der Waals surface area contributed by atoms with Gasteiger partial charge in [0.1, 0.15) is 17.4 Å². The molecule has 4 aromatic rings. The van der Waals surface area contributed by atoms with Crippen molar-refractivity contribution in [2.75, 3.05) is 11.4 Å². The van der Waals surface area contributed by atoms with Crippen LogP contribution in [0.25, 0.3) is 22.1 Å². The second kappa shape index (κ2) is 4.81. The lowest BCUT2D eigenvalue weighted by atomic mass is 10.00. The lowest BCUT2D eigenvalue weighted by Crippen LogP contribution is -2.31. The minimum atomic E-state index is 0.785. The third kappa shape index (κ3) is 1.91. The van der Waals surface area contributed by atoms with Crippen molar-refractivity contribution in [1.82, 2.24) is 9.97 Å². The molecular weight excluding hydrogens is 286 g/mol. The predicted octanol–water partition coefficient (Wildman–Crippen LogP) is 3.94. The molecule has 0 saturated heterocycles. The minimum Gasteiger partial charge on any atom is -0.450 e. The molecule has 1 aliphatic heterocycles. The number of hydrogen-bond donors (Lipinski definition) is 0. The van der Waals surface area contributed by atoms with Gasteiger partial charge in [0.15, 0.2) is 11.4 Å². The molecule has 0 saturated carbocycles. The summed E-state index contributed by atoms with van der Waals surface area (Å²) in [5.41, 5.74) is 5.33. The van der Waals surface area contributed by atoms with Gasteiger partial charge >= 0.3 is 0 Å². The average molecular weight is 301 g/mol. The molecule has 4 nitrogen and oxygen atoms in total. The van der Waals surface area contributed by atoms with E-state index < -0.39 is 0 Å². The SMILES string of the molecule is c1ccc2c(c1)CCN(c1ncnc3c1oc1ccccc13)C2. The quantitative estimate of drug-likeness (QED) is 0.534. The Morgan fingerprint density at radius 1 is 0.913 bits per heavy atom. The van der Waals surface area contributed by atoms with Gasteiger partial charge in [0.25, 0.3) is 0 Å². The predicted molar refractivity (Wildman–Crippen MR) is 90.5 cm³/mol. The van der Waals surface area contributed by atoms with Crippen molar-refractivity contribution in [3.63, 3.8) is 0 Å². The molecule has 4 heteroatoms. The molecule has 0 unspecified atom stereocenters. The first kappa shape index (κ1) is 12.6. The van der Waals surface area contributed by atoms with E-state index >= 15 is 0 Å². The molecule has 5 rings (SSSR count). The Morgan fingerprint density at radius 3 is 2.70 bits per heavy atom. The normalized spacial score (nSPS) is 14.3. The summed E-state index contributed by atoms with van der Waals surface area (Å²) in [4.78, 5) is 11.2. The van der Waals surface area contributed by atoms with Crippen molar-refractivity contribution in [3.05, 3.63) is 66.0 Å². The van der Waals surface area contributed by atoms with Gasteiger partial charge in [0, 0.05) is 18.5 Å². The second-order valence-corrected chi connectivity index (χ2v) is 5.91. The van der Waals surface area contributed by atoms with Crippen LogP contribution in [0.2, 0.25) is 0 Å². The number of para-hydroxylation sites is 1. The Balaban J connectivity index is 1.66. The molecule has 112 valence electrons. The van der Waals surface area contributed by atoms with Gasteiger partial charge in [-0.05, 0) is 29.7 Å². The molecule has 0 fully saturated rings. The van der Waals surface area contributed by atoms with Gasteiger partial charge in [-0.3, -0.25) is 0 Å². The van der Waals surface area contributed by atoms with Crippen LogP contribution in [-0.4, -0.2) is 16.5 Å². The van der Waals surface area contributed by atoms with Crippen molar-refractivity contribution < 1.29 is 4.42 Å². The maximum Gasteiger partial charge on any atom is 0.196 e. The number of fused-ring (bicyclic) bond motifs is 4. The molecule has 1 aliphatic rings. The second-order valence-electron chi connectivity index (χ2n) is 5.91. The zero-order chi connectivity index (χ0) is 15.2. The summed E-state index contributed by atoms with van der Waals surface area (Å²) in [6, 6.07) is 16.6. The van der Waals surface area contributed by atoms with Crippen LogP contribution in [0.15, 0.2) is 59.3 Å². The minimum absolute atomic E-state index is 0.785. The molecule has 0 aliphatic carbocycles. The van der Waals surface area contributed by atoms with Crippen LogP contribution in [0.4, 0.5) is 5.82 Å². The fourth-order valence-electron chi connectivity index (χ4n) is 3.41. The summed E-state index contributed by atoms with van der Waals surface area (Å²) in [7, 11) is 0. The molecule has 0 amide bonds. The van der Waals surface area contributed by atoms with E-state index in [1.807, 2.05) is 24.3 Å². The molecular formula is C19H15N3O. The number of anilines is 1. The van der Waals surface area contributed by atoms with Crippen molar-refractivity contribution >= 4 is 27.9 Å². The molecule has 0 atom stereocenters. The zero-order valence-corrected chi connectivity index (χ0v) is 12.6. The number of benzene rings is 2. The van der Waals surface area contributed by atoms with Gasteiger partial charge in [0.2, 0.25) is 0 Å². The third-order valence-electron chi connectivity index (χ3n) is 4.57. The zero-order valence-electron chi connectivity index (χ0n) is 12.6. The van der Waals surface area contributed by atoms with Crippen molar-refractivity contribution in [1.29, 1.82) is 0 Å². The number of nitrogens with zero attached hydrogens (tertiary/aromatic N) is 3. The Morgan fingerprint density at radius 2 is 1.74 bits per heavy atom. The molecule has 0 radical (unpaired) electrons. The van der Waals surface area contributed by atoms with E-state index in [9.17, 15) is 0 Å². The summed E-state index contributed by atoms with van der Waals surface area (Å²) >= 11 is 0. The Kier molecular flexibility index (Phi) is 2.65. The van der Waals surface area contributed by atoms with E-state index in [4.69, 9.17) is 4.42 Å². The fraction of sp³-hybridized carbons (Fsp3) is 0.158. The van der Waals surface area contributed by atoms with Gasteiger partial charge in [-0.25, -0.2) is 9.97 Å². The van der Waals surface area contributed by atoms with Crippen LogP contribution in [0.1, 0.15) is 11.1 Å².